The van der Waals surface area contributed by atoms with Crippen LogP contribution in [0.2, 0.25) is 0 Å². The number of halogens is 2. The highest BCUT2D eigenvalue weighted by Crippen LogP contribution is 2.22. The average molecular weight is 232 g/mol. The molecule has 0 fully saturated rings. The fraction of sp³-hybridized carbons (Fsp3) is 0. The lowest BCUT2D eigenvalue weighted by molar-refractivity contribution is 0.461. The van der Waals surface area contributed by atoms with Crippen molar-refractivity contribution in [1.29, 1.82) is 5.26 Å². The number of pyridine rings is 1. The standard InChI is InChI=1S/C12H6F2N2O/c13-11-2-1-9(6-12(11)14)17-10-3-4-16-8(5-10)7-15/h1-6H. The number of nitriles is 1. The molecule has 1 aromatic carbocycles. The molecule has 0 aliphatic heterocycles. The van der Waals surface area contributed by atoms with E-state index in [0.717, 1.165) is 12.1 Å². The van der Waals surface area contributed by atoms with Gasteiger partial charge in [-0.1, -0.05) is 0 Å². The van der Waals surface area contributed by atoms with Gasteiger partial charge in [0.05, 0.1) is 0 Å². The van der Waals surface area contributed by atoms with Crippen molar-refractivity contribution in [2.24, 2.45) is 0 Å². The Kier molecular flexibility index (Phi) is 2.97. The van der Waals surface area contributed by atoms with Crippen LogP contribution < -0.4 is 4.74 Å². The zero-order chi connectivity index (χ0) is 12.3. The summed E-state index contributed by atoms with van der Waals surface area (Å²) in [6, 6.07) is 7.97. The summed E-state index contributed by atoms with van der Waals surface area (Å²) < 4.78 is 30.8. The maximum Gasteiger partial charge on any atom is 0.162 e. The molecule has 0 radical (unpaired) electrons. The summed E-state index contributed by atoms with van der Waals surface area (Å²) >= 11 is 0. The number of aromatic nitrogens is 1. The number of benzene rings is 1. The van der Waals surface area contributed by atoms with Gasteiger partial charge in [0.25, 0.3) is 0 Å². The van der Waals surface area contributed by atoms with Crippen molar-refractivity contribution in [3.8, 4) is 17.6 Å². The molecule has 0 amide bonds. The lowest BCUT2D eigenvalue weighted by atomic mass is 10.3. The first-order chi connectivity index (χ1) is 8.19. The third kappa shape index (κ3) is 2.55. The van der Waals surface area contributed by atoms with Gasteiger partial charge in [0.2, 0.25) is 0 Å². The second-order valence-electron chi connectivity index (χ2n) is 3.17. The Morgan fingerprint density at radius 2 is 1.82 bits per heavy atom. The quantitative estimate of drug-likeness (QED) is 0.799. The molecule has 2 aromatic rings. The third-order valence-electron chi connectivity index (χ3n) is 1.97. The first-order valence-electron chi connectivity index (χ1n) is 4.68. The van der Waals surface area contributed by atoms with Gasteiger partial charge >= 0.3 is 0 Å². The Labute approximate surface area is 95.9 Å². The van der Waals surface area contributed by atoms with Crippen molar-refractivity contribution in [2.45, 2.75) is 0 Å². The fourth-order valence-corrected chi connectivity index (χ4v) is 1.21. The lowest BCUT2D eigenvalue weighted by Crippen LogP contribution is -1.89. The van der Waals surface area contributed by atoms with Gasteiger partial charge in [0.1, 0.15) is 23.3 Å². The van der Waals surface area contributed by atoms with Crippen LogP contribution in [-0.2, 0) is 0 Å². The number of rotatable bonds is 2. The summed E-state index contributed by atoms with van der Waals surface area (Å²) in [4.78, 5) is 3.76. The first kappa shape index (κ1) is 11.0. The number of hydrogen-bond donors (Lipinski definition) is 0. The van der Waals surface area contributed by atoms with Crippen LogP contribution in [0.3, 0.4) is 0 Å². The van der Waals surface area contributed by atoms with E-state index < -0.39 is 11.6 Å². The largest absolute Gasteiger partial charge is 0.457 e. The van der Waals surface area contributed by atoms with Crippen LogP contribution in [0.4, 0.5) is 8.78 Å². The van der Waals surface area contributed by atoms with Crippen LogP contribution >= 0.6 is 0 Å². The average Bonchev–Trinajstić information content (AvgIpc) is 2.34. The predicted octanol–water partition coefficient (Wildman–Crippen LogP) is 3.02. The topological polar surface area (TPSA) is 45.9 Å². The molecule has 0 N–H and O–H groups in total. The Morgan fingerprint density at radius 1 is 1.06 bits per heavy atom. The van der Waals surface area contributed by atoms with Gasteiger partial charge in [-0.15, -0.1) is 0 Å². The minimum Gasteiger partial charge on any atom is -0.457 e. The minimum absolute atomic E-state index is 0.152. The normalized spacial score (nSPS) is 9.71. The minimum atomic E-state index is -0.989. The van der Waals surface area contributed by atoms with Crippen molar-refractivity contribution in [3.63, 3.8) is 0 Å². The Balaban J connectivity index is 2.25. The Bertz CT molecular complexity index is 593. The van der Waals surface area contributed by atoms with Gasteiger partial charge in [-0.3, -0.25) is 0 Å². The molecule has 0 spiro atoms. The summed E-state index contributed by atoms with van der Waals surface area (Å²) in [5, 5.41) is 8.63. The molecule has 5 heteroatoms. The van der Waals surface area contributed by atoms with Gasteiger partial charge in [0.15, 0.2) is 11.6 Å². The van der Waals surface area contributed by atoms with E-state index in [-0.39, 0.29) is 11.4 Å². The van der Waals surface area contributed by atoms with E-state index >= 15 is 0 Å². The molecule has 1 heterocycles. The molecule has 84 valence electrons. The van der Waals surface area contributed by atoms with Crippen molar-refractivity contribution in [3.05, 3.63) is 53.9 Å². The smallest absolute Gasteiger partial charge is 0.162 e. The van der Waals surface area contributed by atoms with Crippen LogP contribution in [0.15, 0.2) is 36.5 Å². The van der Waals surface area contributed by atoms with Crippen LogP contribution in [0.5, 0.6) is 11.5 Å². The zero-order valence-corrected chi connectivity index (χ0v) is 8.52. The molecule has 0 saturated heterocycles. The van der Waals surface area contributed by atoms with E-state index in [4.69, 9.17) is 10.00 Å². The summed E-state index contributed by atoms with van der Waals surface area (Å²) in [7, 11) is 0. The maximum absolute atomic E-state index is 12.9. The number of nitrogens with zero attached hydrogens (tertiary/aromatic N) is 2. The highest BCUT2D eigenvalue weighted by molar-refractivity contribution is 5.34. The molecule has 17 heavy (non-hydrogen) atoms. The number of hydrogen-bond acceptors (Lipinski definition) is 3. The van der Waals surface area contributed by atoms with Gasteiger partial charge in [-0.2, -0.15) is 5.26 Å². The van der Waals surface area contributed by atoms with Gasteiger partial charge < -0.3 is 4.74 Å². The van der Waals surface area contributed by atoms with Gasteiger partial charge in [-0.05, 0) is 18.2 Å². The van der Waals surface area contributed by atoms with E-state index in [2.05, 4.69) is 4.98 Å². The monoisotopic (exact) mass is 232 g/mol. The van der Waals surface area contributed by atoms with E-state index in [1.54, 1.807) is 0 Å². The Hall–Kier alpha value is -2.48. The first-order valence-corrected chi connectivity index (χ1v) is 4.68. The highest BCUT2D eigenvalue weighted by atomic mass is 19.2. The van der Waals surface area contributed by atoms with Crippen molar-refractivity contribution < 1.29 is 13.5 Å². The lowest BCUT2D eigenvalue weighted by Gasteiger charge is -2.05. The zero-order valence-electron chi connectivity index (χ0n) is 8.52. The maximum atomic E-state index is 12.9. The predicted molar refractivity (Wildman–Crippen MR) is 55.4 cm³/mol. The molecule has 3 nitrogen and oxygen atoms in total. The van der Waals surface area contributed by atoms with Crippen LogP contribution in [0.1, 0.15) is 5.69 Å². The number of ether oxygens (including phenoxy) is 1. The molecular weight excluding hydrogens is 226 g/mol. The molecular formula is C12H6F2N2O. The van der Waals surface area contributed by atoms with Crippen LogP contribution in [-0.4, -0.2) is 4.98 Å². The molecule has 0 bridgehead atoms. The molecule has 1 aromatic heterocycles. The van der Waals surface area contributed by atoms with E-state index in [0.29, 0.717) is 5.75 Å². The SMILES string of the molecule is N#Cc1cc(Oc2ccc(F)c(F)c2)ccn1. The second-order valence-corrected chi connectivity index (χ2v) is 3.17. The third-order valence-corrected chi connectivity index (χ3v) is 1.97. The summed E-state index contributed by atoms with van der Waals surface area (Å²) in [6.07, 6.45) is 1.40. The second kappa shape index (κ2) is 4.58. The van der Waals surface area contributed by atoms with Crippen molar-refractivity contribution in [1.82, 2.24) is 4.98 Å². The molecule has 0 aliphatic rings. The molecule has 0 unspecified atom stereocenters. The fourth-order valence-electron chi connectivity index (χ4n) is 1.21. The summed E-state index contributed by atoms with van der Waals surface area (Å²) in [5.74, 6) is -1.44. The van der Waals surface area contributed by atoms with E-state index in [9.17, 15) is 8.78 Å². The van der Waals surface area contributed by atoms with Crippen molar-refractivity contribution in [2.75, 3.05) is 0 Å². The highest BCUT2D eigenvalue weighted by Gasteiger charge is 2.04. The molecule has 2 rings (SSSR count). The van der Waals surface area contributed by atoms with E-state index in [1.807, 2.05) is 6.07 Å². The van der Waals surface area contributed by atoms with E-state index in [1.165, 1.54) is 24.4 Å². The van der Waals surface area contributed by atoms with Crippen LogP contribution in [0.25, 0.3) is 0 Å². The Morgan fingerprint density at radius 3 is 2.53 bits per heavy atom. The molecule has 0 atom stereocenters. The van der Waals surface area contributed by atoms with Gasteiger partial charge in [-0.25, -0.2) is 13.8 Å². The van der Waals surface area contributed by atoms with Crippen molar-refractivity contribution >= 4 is 0 Å². The molecule has 0 aliphatic carbocycles. The summed E-state index contributed by atoms with van der Waals surface area (Å²) in [5.41, 5.74) is 0.185. The van der Waals surface area contributed by atoms with Crippen LogP contribution in [0, 0.1) is 23.0 Å². The summed E-state index contributed by atoms with van der Waals surface area (Å²) in [6.45, 7) is 0. The molecule has 0 saturated carbocycles. The van der Waals surface area contributed by atoms with Gasteiger partial charge in [0, 0.05) is 18.3 Å².